The van der Waals surface area contributed by atoms with E-state index in [-0.39, 0.29) is 11.2 Å². The summed E-state index contributed by atoms with van der Waals surface area (Å²) in [7, 11) is 0. The summed E-state index contributed by atoms with van der Waals surface area (Å²) < 4.78 is 15.6. The Bertz CT molecular complexity index is 1560. The smallest absolute Gasteiger partial charge is 0.123 e. The van der Waals surface area contributed by atoms with Crippen LogP contribution in [0.2, 0.25) is 5.02 Å². The van der Waals surface area contributed by atoms with Gasteiger partial charge in [-0.25, -0.2) is 9.07 Å². The number of fused-ring (bicyclic) bond motifs is 1. The molecule has 192 valence electrons. The molecule has 2 aromatic carbocycles. The number of anilines is 2. The Morgan fingerprint density at radius 1 is 1.21 bits per heavy atom. The van der Waals surface area contributed by atoms with Gasteiger partial charge in [-0.15, -0.1) is 5.10 Å². The summed E-state index contributed by atoms with van der Waals surface area (Å²) in [6, 6.07) is 14.3. The third-order valence-corrected chi connectivity index (χ3v) is 6.89. The number of aromatic nitrogens is 4. The minimum absolute atomic E-state index is 0.308. The van der Waals surface area contributed by atoms with Crippen LogP contribution in [-0.2, 0) is 0 Å². The number of nitrogens with one attached hydrogen (secondary N) is 2. The molecule has 1 saturated carbocycles. The summed E-state index contributed by atoms with van der Waals surface area (Å²) in [6.07, 6.45) is 5.93. The number of rotatable bonds is 9. The summed E-state index contributed by atoms with van der Waals surface area (Å²) in [4.78, 5) is 4.43. The first-order valence-corrected chi connectivity index (χ1v) is 12.7. The monoisotopic (exact) mass is 528 g/mol. The molecule has 0 bridgehead atoms. The molecule has 8 nitrogen and oxygen atoms in total. The number of hydrogen-bond donors (Lipinski definition) is 2. The molecular weight excluding hydrogens is 503 g/mol. The number of hydrogen-bond acceptors (Lipinski definition) is 7. The fraction of sp³-hybridized carbons (Fsp3) is 0.321. The van der Waals surface area contributed by atoms with Crippen molar-refractivity contribution < 1.29 is 4.39 Å². The minimum atomic E-state index is -0.422. The third kappa shape index (κ3) is 5.39. The average Bonchev–Trinajstić information content (AvgIpc) is 3.63. The van der Waals surface area contributed by atoms with Crippen molar-refractivity contribution in [3.05, 3.63) is 76.5 Å². The normalized spacial score (nSPS) is 14.1. The summed E-state index contributed by atoms with van der Waals surface area (Å²) >= 11 is 6.68. The van der Waals surface area contributed by atoms with Gasteiger partial charge in [0.15, 0.2) is 0 Å². The van der Waals surface area contributed by atoms with E-state index >= 15 is 0 Å². The Kier molecular flexibility index (Phi) is 6.88. The number of nitrogens with zero attached hydrogens (tertiary/aromatic N) is 6. The number of halogens is 2. The maximum atomic E-state index is 13.7. The third-order valence-electron chi connectivity index (χ3n) is 6.61. The molecule has 2 heterocycles. The van der Waals surface area contributed by atoms with Crippen molar-refractivity contribution in [3.63, 3.8) is 0 Å². The molecule has 1 unspecified atom stereocenters. The molecule has 2 N–H and O–H groups in total. The molecule has 1 aliphatic rings. The second kappa shape index (κ2) is 10.3. The molecule has 0 radical (unpaired) electrons. The van der Waals surface area contributed by atoms with Crippen molar-refractivity contribution in [2.24, 2.45) is 5.41 Å². The van der Waals surface area contributed by atoms with E-state index in [1.807, 2.05) is 30.8 Å². The summed E-state index contributed by atoms with van der Waals surface area (Å²) in [6.45, 7) is 4.45. The van der Waals surface area contributed by atoms with Crippen LogP contribution in [0.1, 0.15) is 62.0 Å². The van der Waals surface area contributed by atoms with E-state index in [0.29, 0.717) is 57.6 Å². The molecule has 1 atom stereocenters. The first kappa shape index (κ1) is 25.4. The average molecular weight is 529 g/mol. The van der Waals surface area contributed by atoms with Gasteiger partial charge in [0.1, 0.15) is 17.6 Å². The quantitative estimate of drug-likeness (QED) is 0.259. The van der Waals surface area contributed by atoms with E-state index in [4.69, 9.17) is 16.9 Å². The molecule has 38 heavy (non-hydrogen) atoms. The highest BCUT2D eigenvalue weighted by Crippen LogP contribution is 2.37. The zero-order valence-corrected chi connectivity index (χ0v) is 21.8. The highest BCUT2D eigenvalue weighted by atomic mass is 35.5. The topological polar surface area (TPSA) is 115 Å². The van der Waals surface area contributed by atoms with Crippen LogP contribution in [-0.4, -0.2) is 26.5 Å². The van der Waals surface area contributed by atoms with Crippen LogP contribution in [0.5, 0.6) is 0 Å². The van der Waals surface area contributed by atoms with E-state index in [9.17, 15) is 9.65 Å². The van der Waals surface area contributed by atoms with Gasteiger partial charge in [-0.2, -0.15) is 10.5 Å². The van der Waals surface area contributed by atoms with Gasteiger partial charge in [-0.3, -0.25) is 4.98 Å². The van der Waals surface area contributed by atoms with Crippen LogP contribution >= 0.6 is 11.6 Å². The minimum Gasteiger partial charge on any atom is -0.383 e. The zero-order chi connectivity index (χ0) is 26.9. The standard InChI is InChI=1S/C28H26ClFN8/c1-28(2,9-10-31)16-34-25-18(13-32)14-33-27-22(25)11-20(12-23(27)29)35-26(17-3-5-19(30)6-4-17)24-15-38(37-36-24)21-7-8-21/h3-6,11-12,14-15,21,26,35H,7-9,16H2,1-2H3,(H,33,34). The Balaban J connectivity index is 1.55. The molecular formula is C28H26ClFN8. The van der Waals surface area contributed by atoms with Gasteiger partial charge in [0.05, 0.1) is 46.1 Å². The number of nitriles is 2. The zero-order valence-electron chi connectivity index (χ0n) is 21.0. The Labute approximate surface area is 225 Å². The fourth-order valence-electron chi connectivity index (χ4n) is 4.31. The van der Waals surface area contributed by atoms with Crippen LogP contribution in [0.25, 0.3) is 10.9 Å². The van der Waals surface area contributed by atoms with Crippen LogP contribution in [0, 0.1) is 33.9 Å². The lowest BCUT2D eigenvalue weighted by Crippen LogP contribution is -2.23. The second-order valence-corrected chi connectivity index (χ2v) is 10.8. The predicted octanol–water partition coefficient (Wildman–Crippen LogP) is 6.38. The van der Waals surface area contributed by atoms with Crippen LogP contribution < -0.4 is 10.6 Å². The Morgan fingerprint density at radius 3 is 2.66 bits per heavy atom. The highest BCUT2D eigenvalue weighted by Gasteiger charge is 2.27. The molecule has 0 aliphatic heterocycles. The Morgan fingerprint density at radius 2 is 1.97 bits per heavy atom. The number of pyridine rings is 1. The van der Waals surface area contributed by atoms with Crippen LogP contribution in [0.15, 0.2) is 48.8 Å². The van der Waals surface area contributed by atoms with Crippen molar-refractivity contribution in [3.8, 4) is 12.1 Å². The van der Waals surface area contributed by atoms with E-state index < -0.39 is 6.04 Å². The lowest BCUT2D eigenvalue weighted by molar-refractivity contribution is 0.403. The summed E-state index contributed by atoms with van der Waals surface area (Å²) in [5.41, 5.74) is 3.40. The molecule has 5 rings (SSSR count). The molecule has 1 aliphatic carbocycles. The molecule has 1 fully saturated rings. The molecule has 2 aromatic heterocycles. The van der Waals surface area contributed by atoms with Crippen molar-refractivity contribution in [1.29, 1.82) is 10.5 Å². The summed E-state index contributed by atoms with van der Waals surface area (Å²) in [5, 5.41) is 35.6. The van der Waals surface area contributed by atoms with E-state index in [1.165, 1.54) is 18.3 Å². The van der Waals surface area contributed by atoms with E-state index in [1.54, 1.807) is 18.2 Å². The first-order valence-electron chi connectivity index (χ1n) is 12.3. The second-order valence-electron chi connectivity index (χ2n) is 10.3. The van der Waals surface area contributed by atoms with Crippen molar-refractivity contribution in [2.45, 2.75) is 45.2 Å². The van der Waals surface area contributed by atoms with E-state index in [0.717, 1.165) is 18.4 Å². The lowest BCUT2D eigenvalue weighted by atomic mass is 9.90. The van der Waals surface area contributed by atoms with Crippen molar-refractivity contribution in [1.82, 2.24) is 20.0 Å². The molecule has 10 heteroatoms. The van der Waals surface area contributed by atoms with Crippen molar-refractivity contribution in [2.75, 3.05) is 17.2 Å². The lowest BCUT2D eigenvalue weighted by Gasteiger charge is -2.24. The maximum Gasteiger partial charge on any atom is 0.123 e. The molecule has 0 amide bonds. The number of benzene rings is 2. The van der Waals surface area contributed by atoms with Gasteiger partial charge >= 0.3 is 0 Å². The van der Waals surface area contributed by atoms with Gasteiger partial charge in [-0.05, 0) is 48.1 Å². The van der Waals surface area contributed by atoms with Gasteiger partial charge in [0.25, 0.3) is 0 Å². The van der Waals surface area contributed by atoms with Gasteiger partial charge in [-0.1, -0.05) is 42.8 Å². The largest absolute Gasteiger partial charge is 0.383 e. The highest BCUT2D eigenvalue weighted by molar-refractivity contribution is 6.35. The molecule has 0 spiro atoms. The molecule has 0 saturated heterocycles. The fourth-order valence-corrected chi connectivity index (χ4v) is 4.58. The maximum absolute atomic E-state index is 13.7. The Hall–Kier alpha value is -4.21. The predicted molar refractivity (Wildman–Crippen MR) is 144 cm³/mol. The molecule has 4 aromatic rings. The van der Waals surface area contributed by atoms with E-state index in [2.05, 4.69) is 38.1 Å². The SMILES string of the molecule is CC(C)(CC#N)CNc1c(C#N)cnc2c(Cl)cc(NC(c3ccc(F)cc3)c3cn(C4CC4)nn3)cc12. The van der Waals surface area contributed by atoms with Crippen LogP contribution in [0.3, 0.4) is 0 Å². The van der Waals surface area contributed by atoms with Gasteiger partial charge in [0.2, 0.25) is 0 Å². The first-order chi connectivity index (χ1) is 18.3. The van der Waals surface area contributed by atoms with Gasteiger partial charge < -0.3 is 10.6 Å². The van der Waals surface area contributed by atoms with Crippen molar-refractivity contribution >= 4 is 33.9 Å². The van der Waals surface area contributed by atoms with Gasteiger partial charge in [0, 0.05) is 30.2 Å². The van der Waals surface area contributed by atoms with Crippen LogP contribution in [0.4, 0.5) is 15.8 Å². The summed E-state index contributed by atoms with van der Waals surface area (Å²) in [5.74, 6) is -0.326.